The third kappa shape index (κ3) is 6.46. The van der Waals surface area contributed by atoms with E-state index in [9.17, 15) is 23.3 Å². The van der Waals surface area contributed by atoms with Gasteiger partial charge in [-0.2, -0.15) is 0 Å². The fourth-order valence-electron chi connectivity index (χ4n) is 2.17. The Balaban J connectivity index is 2.29. The van der Waals surface area contributed by atoms with Crippen LogP contribution in [0.5, 0.6) is 17.2 Å². The molecule has 2 rings (SSSR count). The van der Waals surface area contributed by atoms with E-state index in [1.54, 1.807) is 0 Å². The number of nitro benzene ring substituents is 1. The fourth-order valence-corrected chi connectivity index (χ4v) is 3.13. The molecule has 0 radical (unpaired) electrons. The second kappa shape index (κ2) is 8.64. The Morgan fingerprint density at radius 3 is 2.10 bits per heavy atom. The maximum absolute atomic E-state index is 12.8. The summed E-state index contributed by atoms with van der Waals surface area (Å²) in [6.07, 6.45) is -4.90. The van der Waals surface area contributed by atoms with Crippen molar-refractivity contribution < 1.29 is 32.0 Å². The molecule has 6 nitrogen and oxygen atoms in total. The van der Waals surface area contributed by atoms with E-state index in [-0.39, 0.29) is 28.8 Å². The first-order valence-electron chi connectivity index (χ1n) is 9.13. The number of benzene rings is 2. The van der Waals surface area contributed by atoms with Gasteiger partial charge in [0.1, 0.15) is 5.75 Å². The topological polar surface area (TPSA) is 70.8 Å². The van der Waals surface area contributed by atoms with Crippen LogP contribution in [0.15, 0.2) is 42.5 Å². The van der Waals surface area contributed by atoms with Gasteiger partial charge in [-0.3, -0.25) is 10.1 Å². The van der Waals surface area contributed by atoms with Gasteiger partial charge >= 0.3 is 6.36 Å². The minimum absolute atomic E-state index is 0.0234. The molecule has 0 saturated carbocycles. The molecule has 10 heteroatoms. The molecule has 0 heterocycles. The lowest BCUT2D eigenvalue weighted by Crippen LogP contribution is -2.40. The van der Waals surface area contributed by atoms with Gasteiger partial charge in [0.05, 0.1) is 11.5 Å². The zero-order chi connectivity index (χ0) is 22.7. The molecule has 0 bridgehead atoms. The third-order valence-corrected chi connectivity index (χ3v) is 9.39. The summed E-state index contributed by atoms with van der Waals surface area (Å²) in [7, 11) is -2.06. The lowest BCUT2D eigenvalue weighted by molar-refractivity contribution is -0.384. The lowest BCUT2D eigenvalue weighted by Gasteiger charge is -2.36. The molecule has 2 aromatic rings. The number of ether oxygens (including phenoxy) is 2. The molecule has 0 atom stereocenters. The van der Waals surface area contributed by atoms with Gasteiger partial charge < -0.3 is 13.9 Å². The molecule has 0 unspecified atom stereocenters. The number of nitrogens with zero attached hydrogens (tertiary/aromatic N) is 1. The number of hydrogen-bond donors (Lipinski definition) is 0. The second-order valence-corrected chi connectivity index (χ2v) is 13.0. The molecule has 0 N–H and O–H groups in total. The van der Waals surface area contributed by atoms with E-state index in [1.807, 2.05) is 0 Å². The molecule has 0 aromatic heterocycles. The average molecular weight is 443 g/mol. The highest BCUT2D eigenvalue weighted by Gasteiger charge is 2.37. The van der Waals surface area contributed by atoms with Crippen LogP contribution in [0, 0.1) is 10.1 Å². The van der Waals surface area contributed by atoms with E-state index < -0.39 is 25.4 Å². The zero-order valence-corrected chi connectivity index (χ0v) is 18.4. The van der Waals surface area contributed by atoms with Gasteiger partial charge in [0.2, 0.25) is 0 Å². The Hall–Kier alpha value is -2.59. The van der Waals surface area contributed by atoms with Crippen LogP contribution < -0.4 is 9.47 Å². The Morgan fingerprint density at radius 1 is 1.00 bits per heavy atom. The summed E-state index contributed by atoms with van der Waals surface area (Å²) in [5.74, 6) is -0.551. The second-order valence-electron chi connectivity index (χ2n) is 8.23. The molecule has 0 saturated heterocycles. The highest BCUT2D eigenvalue weighted by atomic mass is 28.4. The quantitative estimate of drug-likeness (QED) is 0.267. The zero-order valence-electron chi connectivity index (χ0n) is 17.4. The largest absolute Gasteiger partial charge is 0.573 e. The van der Waals surface area contributed by atoms with E-state index in [4.69, 9.17) is 9.16 Å². The summed E-state index contributed by atoms with van der Waals surface area (Å²) in [5, 5.41) is 10.7. The molecule has 164 valence electrons. The van der Waals surface area contributed by atoms with Crippen LogP contribution in [0.3, 0.4) is 0 Å². The van der Waals surface area contributed by atoms with Crippen LogP contribution in [-0.2, 0) is 11.0 Å². The van der Waals surface area contributed by atoms with Gasteiger partial charge in [-0.1, -0.05) is 26.8 Å². The van der Waals surface area contributed by atoms with Gasteiger partial charge in [-0.25, -0.2) is 0 Å². The smallest absolute Gasteiger partial charge is 0.453 e. The fraction of sp³-hybridized carbons (Fsp3) is 0.400. The average Bonchev–Trinajstić information content (AvgIpc) is 2.60. The van der Waals surface area contributed by atoms with E-state index >= 15 is 0 Å². The van der Waals surface area contributed by atoms with Crippen molar-refractivity contribution in [2.24, 2.45) is 0 Å². The SMILES string of the molecule is CC(C)(C)[Si](C)(C)OCc1ccc(OC(F)(F)F)c(Oc2ccc([N+](=O)[O-])cc2)c1. The Morgan fingerprint density at radius 2 is 1.60 bits per heavy atom. The molecular weight excluding hydrogens is 419 g/mol. The summed E-state index contributed by atoms with van der Waals surface area (Å²) < 4.78 is 54.0. The predicted molar refractivity (Wildman–Crippen MR) is 108 cm³/mol. The third-order valence-electron chi connectivity index (χ3n) is 4.92. The van der Waals surface area contributed by atoms with Gasteiger partial charge in [0.25, 0.3) is 5.69 Å². The molecular formula is C20H24F3NO5Si. The molecule has 0 aliphatic heterocycles. The number of nitro groups is 1. The van der Waals surface area contributed by atoms with Crippen LogP contribution in [0.4, 0.5) is 18.9 Å². The van der Waals surface area contributed by atoms with E-state index in [2.05, 4.69) is 38.6 Å². The molecule has 0 aliphatic carbocycles. The van der Waals surface area contributed by atoms with Crippen LogP contribution in [0.25, 0.3) is 0 Å². The van der Waals surface area contributed by atoms with Crippen LogP contribution in [0.1, 0.15) is 26.3 Å². The standard InChI is InChI=1S/C20H24F3NO5Si/c1-19(2,3)30(4,5)27-13-14-6-11-17(29-20(21,22)23)18(12-14)28-16-9-7-15(8-10-16)24(25)26/h6-12H,13H2,1-5H3. The number of halogens is 3. The van der Waals surface area contributed by atoms with Gasteiger partial charge in [0.15, 0.2) is 19.8 Å². The highest BCUT2D eigenvalue weighted by molar-refractivity contribution is 6.74. The van der Waals surface area contributed by atoms with Gasteiger partial charge in [0, 0.05) is 12.1 Å². The molecule has 30 heavy (non-hydrogen) atoms. The minimum atomic E-state index is -4.90. The van der Waals surface area contributed by atoms with Crippen molar-refractivity contribution in [3.8, 4) is 17.2 Å². The van der Waals surface area contributed by atoms with Crippen molar-refractivity contribution in [2.45, 2.75) is 51.9 Å². The maximum atomic E-state index is 12.8. The summed E-state index contributed by atoms with van der Waals surface area (Å²) in [6.45, 7) is 10.6. The maximum Gasteiger partial charge on any atom is 0.573 e. The van der Waals surface area contributed by atoms with Crippen LogP contribution >= 0.6 is 0 Å². The number of non-ortho nitro benzene ring substituents is 1. The van der Waals surface area contributed by atoms with Crippen molar-refractivity contribution in [3.63, 3.8) is 0 Å². The molecule has 0 aliphatic rings. The van der Waals surface area contributed by atoms with Crippen molar-refractivity contribution in [1.82, 2.24) is 0 Å². The molecule has 2 aromatic carbocycles. The van der Waals surface area contributed by atoms with Crippen LogP contribution in [-0.4, -0.2) is 19.6 Å². The Bertz CT molecular complexity index is 893. The normalized spacial score (nSPS) is 12.5. The first kappa shape index (κ1) is 23.7. The van der Waals surface area contributed by atoms with E-state index in [1.165, 1.54) is 42.5 Å². The Kier molecular flexibility index (Phi) is 6.82. The monoisotopic (exact) mass is 443 g/mol. The van der Waals surface area contributed by atoms with Gasteiger partial charge in [-0.15, -0.1) is 13.2 Å². The van der Waals surface area contributed by atoms with Crippen molar-refractivity contribution >= 4 is 14.0 Å². The number of alkyl halides is 3. The molecule has 0 fully saturated rings. The summed E-state index contributed by atoms with van der Waals surface area (Å²) in [6, 6.07) is 9.06. The minimum Gasteiger partial charge on any atom is -0.453 e. The summed E-state index contributed by atoms with van der Waals surface area (Å²) in [4.78, 5) is 10.2. The summed E-state index contributed by atoms with van der Waals surface area (Å²) >= 11 is 0. The number of rotatable bonds is 7. The lowest BCUT2D eigenvalue weighted by atomic mass is 10.2. The Labute approximate surface area is 173 Å². The summed E-state index contributed by atoms with van der Waals surface area (Å²) in [5.41, 5.74) is 0.455. The first-order chi connectivity index (χ1) is 13.7. The molecule has 0 amide bonds. The van der Waals surface area contributed by atoms with E-state index in [0.29, 0.717) is 5.56 Å². The van der Waals surface area contributed by atoms with E-state index in [0.717, 1.165) is 0 Å². The first-order valence-corrected chi connectivity index (χ1v) is 12.0. The van der Waals surface area contributed by atoms with Crippen molar-refractivity contribution in [1.29, 1.82) is 0 Å². The highest BCUT2D eigenvalue weighted by Crippen LogP contribution is 2.39. The number of hydrogen-bond acceptors (Lipinski definition) is 5. The van der Waals surface area contributed by atoms with Crippen LogP contribution in [0.2, 0.25) is 18.1 Å². The predicted octanol–water partition coefficient (Wildman–Crippen LogP) is 6.81. The molecule has 0 spiro atoms. The van der Waals surface area contributed by atoms with Crippen molar-refractivity contribution in [2.75, 3.05) is 0 Å². The van der Waals surface area contributed by atoms with Crippen molar-refractivity contribution in [3.05, 3.63) is 58.1 Å². The van der Waals surface area contributed by atoms with Gasteiger partial charge in [-0.05, 0) is 48.0 Å².